The van der Waals surface area contributed by atoms with Crippen molar-refractivity contribution in [2.75, 3.05) is 0 Å². The van der Waals surface area contributed by atoms with Gasteiger partial charge < -0.3 is 9.30 Å². The van der Waals surface area contributed by atoms with E-state index in [-0.39, 0.29) is 24.2 Å². The summed E-state index contributed by atoms with van der Waals surface area (Å²) in [5, 5.41) is 0. The SMILES string of the molecule is CC(=O)c1ccc(OCc2cncn2C(C)C)c(F)c1. The fourth-order valence-corrected chi connectivity index (χ4v) is 1.90. The molecule has 0 aliphatic heterocycles. The monoisotopic (exact) mass is 276 g/mol. The van der Waals surface area contributed by atoms with Gasteiger partial charge in [0.25, 0.3) is 0 Å². The largest absolute Gasteiger partial charge is 0.484 e. The van der Waals surface area contributed by atoms with Crippen molar-refractivity contribution in [3.8, 4) is 5.75 Å². The molecule has 20 heavy (non-hydrogen) atoms. The zero-order valence-corrected chi connectivity index (χ0v) is 11.8. The molecular formula is C15H17FN2O2. The highest BCUT2D eigenvalue weighted by molar-refractivity contribution is 5.94. The van der Waals surface area contributed by atoms with Crippen molar-refractivity contribution in [3.63, 3.8) is 0 Å². The van der Waals surface area contributed by atoms with E-state index in [0.717, 1.165) is 5.69 Å². The van der Waals surface area contributed by atoms with E-state index in [2.05, 4.69) is 4.98 Å². The van der Waals surface area contributed by atoms with E-state index in [0.29, 0.717) is 5.56 Å². The molecule has 1 aromatic carbocycles. The molecule has 2 aromatic rings. The van der Waals surface area contributed by atoms with Crippen LogP contribution in [0.25, 0.3) is 0 Å². The fraction of sp³-hybridized carbons (Fsp3) is 0.333. The van der Waals surface area contributed by atoms with Crippen LogP contribution in [0.4, 0.5) is 4.39 Å². The number of hydrogen-bond donors (Lipinski definition) is 0. The van der Waals surface area contributed by atoms with Gasteiger partial charge in [0.1, 0.15) is 6.61 Å². The van der Waals surface area contributed by atoms with Crippen molar-refractivity contribution in [3.05, 3.63) is 47.8 Å². The Bertz CT molecular complexity index is 620. The number of carbonyl (C=O) groups excluding carboxylic acids is 1. The third-order valence-electron chi connectivity index (χ3n) is 3.02. The Kier molecular flexibility index (Phi) is 4.17. The molecule has 0 unspecified atom stereocenters. The maximum Gasteiger partial charge on any atom is 0.165 e. The molecule has 0 aliphatic carbocycles. The van der Waals surface area contributed by atoms with Crippen LogP contribution in [0.3, 0.4) is 0 Å². The molecule has 0 radical (unpaired) electrons. The Hall–Kier alpha value is -2.17. The molecule has 0 atom stereocenters. The van der Waals surface area contributed by atoms with Crippen molar-refractivity contribution >= 4 is 5.78 Å². The van der Waals surface area contributed by atoms with Gasteiger partial charge in [0, 0.05) is 11.6 Å². The number of ether oxygens (including phenoxy) is 1. The fourth-order valence-electron chi connectivity index (χ4n) is 1.90. The zero-order chi connectivity index (χ0) is 14.7. The summed E-state index contributed by atoms with van der Waals surface area (Å²) < 4.78 is 21.2. The number of Topliss-reactive ketones (excluding diaryl/α,β-unsaturated/α-hetero) is 1. The summed E-state index contributed by atoms with van der Waals surface area (Å²) in [5.74, 6) is -0.576. The molecule has 0 amide bonds. The van der Waals surface area contributed by atoms with E-state index in [9.17, 15) is 9.18 Å². The van der Waals surface area contributed by atoms with Gasteiger partial charge >= 0.3 is 0 Å². The highest BCUT2D eigenvalue weighted by Crippen LogP contribution is 2.20. The summed E-state index contributed by atoms with van der Waals surface area (Å²) in [5.41, 5.74) is 1.21. The van der Waals surface area contributed by atoms with Gasteiger partial charge in [0.05, 0.1) is 18.2 Å². The number of nitrogens with zero attached hydrogens (tertiary/aromatic N) is 2. The van der Waals surface area contributed by atoms with Crippen molar-refractivity contribution in [2.45, 2.75) is 33.4 Å². The molecular weight excluding hydrogens is 259 g/mol. The van der Waals surface area contributed by atoms with Crippen LogP contribution in [0.2, 0.25) is 0 Å². The molecule has 106 valence electrons. The Morgan fingerprint density at radius 3 is 2.80 bits per heavy atom. The molecule has 0 bridgehead atoms. The summed E-state index contributed by atoms with van der Waals surface area (Å²) in [4.78, 5) is 15.2. The quantitative estimate of drug-likeness (QED) is 0.786. The van der Waals surface area contributed by atoms with Crippen LogP contribution >= 0.6 is 0 Å². The molecule has 1 heterocycles. The van der Waals surface area contributed by atoms with Crippen molar-refractivity contribution in [1.29, 1.82) is 0 Å². The van der Waals surface area contributed by atoms with Crippen molar-refractivity contribution in [2.24, 2.45) is 0 Å². The second kappa shape index (κ2) is 5.86. The first-order chi connectivity index (χ1) is 9.49. The minimum Gasteiger partial charge on any atom is -0.484 e. The van der Waals surface area contributed by atoms with Crippen LogP contribution in [-0.2, 0) is 6.61 Å². The second-order valence-electron chi connectivity index (χ2n) is 4.88. The summed E-state index contributed by atoms with van der Waals surface area (Å²) in [6.45, 7) is 5.70. The summed E-state index contributed by atoms with van der Waals surface area (Å²) in [7, 11) is 0. The van der Waals surface area contributed by atoms with Gasteiger partial charge in [-0.2, -0.15) is 0 Å². The Labute approximate surface area is 117 Å². The summed E-state index contributed by atoms with van der Waals surface area (Å²) in [6, 6.07) is 4.49. The van der Waals surface area contributed by atoms with Crippen molar-refractivity contribution in [1.82, 2.24) is 9.55 Å². The van der Waals surface area contributed by atoms with Crippen molar-refractivity contribution < 1.29 is 13.9 Å². The molecule has 4 nitrogen and oxygen atoms in total. The number of carbonyl (C=O) groups is 1. The first-order valence-electron chi connectivity index (χ1n) is 6.43. The molecule has 5 heteroatoms. The van der Waals surface area contributed by atoms with Crippen LogP contribution < -0.4 is 4.74 Å². The topological polar surface area (TPSA) is 44.1 Å². The van der Waals surface area contributed by atoms with E-state index >= 15 is 0 Å². The average molecular weight is 276 g/mol. The maximum absolute atomic E-state index is 13.8. The first-order valence-corrected chi connectivity index (χ1v) is 6.43. The lowest BCUT2D eigenvalue weighted by atomic mass is 10.1. The van der Waals surface area contributed by atoms with E-state index in [1.54, 1.807) is 18.6 Å². The van der Waals surface area contributed by atoms with E-state index in [4.69, 9.17) is 4.74 Å². The van der Waals surface area contributed by atoms with Gasteiger partial charge in [0.2, 0.25) is 0 Å². The smallest absolute Gasteiger partial charge is 0.165 e. The normalized spacial score (nSPS) is 10.8. The summed E-state index contributed by atoms with van der Waals surface area (Å²) >= 11 is 0. The Morgan fingerprint density at radius 2 is 2.20 bits per heavy atom. The Morgan fingerprint density at radius 1 is 1.45 bits per heavy atom. The van der Waals surface area contributed by atoms with Crippen LogP contribution in [0, 0.1) is 5.82 Å². The predicted molar refractivity (Wildman–Crippen MR) is 73.3 cm³/mol. The molecule has 2 rings (SSSR count). The van der Waals surface area contributed by atoms with Gasteiger partial charge in [-0.1, -0.05) is 0 Å². The first kappa shape index (κ1) is 14.2. The number of ketones is 1. The molecule has 1 aromatic heterocycles. The standard InChI is InChI=1S/C15H17FN2O2/c1-10(2)18-9-17-7-13(18)8-20-15-5-4-12(11(3)19)6-14(15)16/h4-7,9-10H,8H2,1-3H3. The molecule has 0 fully saturated rings. The van der Waals surface area contributed by atoms with Crippen LogP contribution in [0.1, 0.15) is 42.9 Å². The highest BCUT2D eigenvalue weighted by atomic mass is 19.1. The van der Waals surface area contributed by atoms with E-state index < -0.39 is 5.82 Å². The third-order valence-corrected chi connectivity index (χ3v) is 3.02. The number of benzene rings is 1. The molecule has 0 aliphatic rings. The average Bonchev–Trinajstić information content (AvgIpc) is 2.85. The minimum atomic E-state index is -0.534. The number of hydrogen-bond acceptors (Lipinski definition) is 3. The molecule has 0 N–H and O–H groups in total. The van der Waals surface area contributed by atoms with Gasteiger partial charge in [-0.15, -0.1) is 0 Å². The number of halogens is 1. The highest BCUT2D eigenvalue weighted by Gasteiger charge is 2.10. The van der Waals surface area contributed by atoms with Crippen LogP contribution in [0.15, 0.2) is 30.7 Å². The van der Waals surface area contributed by atoms with Gasteiger partial charge in [-0.3, -0.25) is 4.79 Å². The van der Waals surface area contributed by atoms with E-state index in [1.165, 1.54) is 19.1 Å². The lowest BCUT2D eigenvalue weighted by molar-refractivity contribution is 0.101. The number of aromatic nitrogens is 2. The van der Waals surface area contributed by atoms with Gasteiger partial charge in [0.15, 0.2) is 17.3 Å². The summed E-state index contributed by atoms with van der Waals surface area (Å²) in [6.07, 6.45) is 3.42. The van der Waals surface area contributed by atoms with Crippen LogP contribution in [0.5, 0.6) is 5.75 Å². The molecule has 0 saturated heterocycles. The van der Waals surface area contributed by atoms with E-state index in [1.807, 2.05) is 18.4 Å². The molecule has 0 saturated carbocycles. The zero-order valence-electron chi connectivity index (χ0n) is 11.8. The minimum absolute atomic E-state index is 0.131. The lowest BCUT2D eigenvalue weighted by Crippen LogP contribution is -2.08. The van der Waals surface area contributed by atoms with Gasteiger partial charge in [-0.05, 0) is 39.0 Å². The van der Waals surface area contributed by atoms with Gasteiger partial charge in [-0.25, -0.2) is 9.37 Å². The van der Waals surface area contributed by atoms with Crippen LogP contribution in [-0.4, -0.2) is 15.3 Å². The Balaban J connectivity index is 2.11. The number of imidazole rings is 1. The second-order valence-corrected chi connectivity index (χ2v) is 4.88. The number of rotatable bonds is 5. The third kappa shape index (κ3) is 3.04. The maximum atomic E-state index is 13.8. The lowest BCUT2D eigenvalue weighted by Gasteiger charge is -2.13. The molecule has 0 spiro atoms. The predicted octanol–water partition coefficient (Wildman–Crippen LogP) is 3.38.